The molecule has 1 heterocycles. The second-order valence-electron chi connectivity index (χ2n) is 6.16. The fourth-order valence-corrected chi connectivity index (χ4v) is 2.67. The smallest absolute Gasteiger partial charge is 0.271 e. The summed E-state index contributed by atoms with van der Waals surface area (Å²) in [5, 5.41) is 7.29. The summed E-state index contributed by atoms with van der Waals surface area (Å²) in [5.74, 6) is -0.132. The molecule has 124 valence electrons. The Morgan fingerprint density at radius 3 is 2.39 bits per heavy atom. The maximum absolute atomic E-state index is 12.2. The van der Waals surface area contributed by atoms with Gasteiger partial charge in [0.15, 0.2) is 5.69 Å². The molecule has 0 atom stereocenters. The molecule has 0 saturated carbocycles. The topological polar surface area (TPSA) is 50.2 Å². The average molecular weight is 314 g/mol. The van der Waals surface area contributed by atoms with Crippen molar-refractivity contribution < 1.29 is 4.79 Å². The number of rotatable bonds is 7. The Kier molecular flexibility index (Phi) is 5.93. The zero-order valence-corrected chi connectivity index (χ0v) is 14.4. The predicted molar refractivity (Wildman–Crippen MR) is 92.9 cm³/mol. The van der Waals surface area contributed by atoms with E-state index in [0.29, 0.717) is 24.3 Å². The molecule has 23 heavy (non-hydrogen) atoms. The molecule has 0 fully saturated rings. The number of carbonyl (C=O) groups is 1. The lowest BCUT2D eigenvalue weighted by Crippen LogP contribution is -2.42. The molecule has 0 aliphatic carbocycles. The van der Waals surface area contributed by atoms with E-state index in [0.717, 1.165) is 12.2 Å². The van der Waals surface area contributed by atoms with E-state index < -0.39 is 0 Å². The van der Waals surface area contributed by atoms with Gasteiger partial charge in [0.25, 0.3) is 5.91 Å². The van der Waals surface area contributed by atoms with Crippen LogP contribution < -0.4 is 5.32 Å². The number of hydrogen-bond acceptors (Lipinski definition) is 3. The van der Waals surface area contributed by atoms with Gasteiger partial charge in [0.2, 0.25) is 0 Å². The number of para-hydroxylation sites is 1. The van der Waals surface area contributed by atoms with Crippen molar-refractivity contribution >= 4 is 5.91 Å². The van der Waals surface area contributed by atoms with Crippen LogP contribution in [-0.2, 0) is 0 Å². The number of aromatic nitrogens is 2. The van der Waals surface area contributed by atoms with Gasteiger partial charge in [0.1, 0.15) is 0 Å². The summed E-state index contributed by atoms with van der Waals surface area (Å²) < 4.78 is 1.71. The van der Waals surface area contributed by atoms with Gasteiger partial charge in [-0.1, -0.05) is 18.2 Å². The van der Waals surface area contributed by atoms with E-state index in [4.69, 9.17) is 0 Å². The maximum Gasteiger partial charge on any atom is 0.271 e. The second kappa shape index (κ2) is 7.92. The molecule has 0 spiro atoms. The van der Waals surface area contributed by atoms with Crippen molar-refractivity contribution in [2.24, 2.45) is 0 Å². The number of nitrogens with zero attached hydrogens (tertiary/aromatic N) is 3. The first-order valence-corrected chi connectivity index (χ1v) is 8.14. The van der Waals surface area contributed by atoms with Crippen LogP contribution in [0.4, 0.5) is 0 Å². The van der Waals surface area contributed by atoms with Crippen molar-refractivity contribution in [2.75, 3.05) is 13.1 Å². The first-order chi connectivity index (χ1) is 11.0. The van der Waals surface area contributed by atoms with E-state index in [9.17, 15) is 4.79 Å². The van der Waals surface area contributed by atoms with Crippen LogP contribution in [0.1, 0.15) is 38.2 Å². The van der Waals surface area contributed by atoms with Crippen LogP contribution in [0.3, 0.4) is 0 Å². The summed E-state index contributed by atoms with van der Waals surface area (Å²) in [6, 6.07) is 12.4. The Morgan fingerprint density at radius 1 is 1.13 bits per heavy atom. The van der Waals surface area contributed by atoms with Crippen LogP contribution in [0.2, 0.25) is 0 Å². The van der Waals surface area contributed by atoms with E-state index in [1.165, 1.54) is 0 Å². The molecular formula is C18H26N4O. The zero-order valence-electron chi connectivity index (χ0n) is 14.4. The second-order valence-corrected chi connectivity index (χ2v) is 6.16. The normalized spacial score (nSPS) is 11.4. The van der Waals surface area contributed by atoms with Crippen LogP contribution >= 0.6 is 0 Å². The number of nitrogens with one attached hydrogen (secondary N) is 1. The molecule has 1 N–H and O–H groups in total. The third-order valence-corrected chi connectivity index (χ3v) is 3.82. The highest BCUT2D eigenvalue weighted by atomic mass is 16.1. The van der Waals surface area contributed by atoms with Crippen LogP contribution in [0, 0.1) is 0 Å². The first-order valence-electron chi connectivity index (χ1n) is 8.14. The first kappa shape index (κ1) is 17.2. The molecule has 1 aromatic carbocycles. The molecule has 5 heteroatoms. The fourth-order valence-electron chi connectivity index (χ4n) is 2.67. The van der Waals surface area contributed by atoms with Gasteiger partial charge in [0, 0.05) is 31.4 Å². The van der Waals surface area contributed by atoms with Gasteiger partial charge in [-0.2, -0.15) is 5.10 Å². The molecule has 0 aliphatic heterocycles. The molecule has 0 aliphatic rings. The maximum atomic E-state index is 12.2. The highest BCUT2D eigenvalue weighted by Gasteiger charge is 2.14. The Hall–Kier alpha value is -2.14. The number of amides is 1. The third kappa shape index (κ3) is 4.66. The minimum atomic E-state index is -0.132. The monoisotopic (exact) mass is 314 g/mol. The van der Waals surface area contributed by atoms with Crippen molar-refractivity contribution in [1.82, 2.24) is 20.0 Å². The Labute approximate surface area is 138 Å². The van der Waals surface area contributed by atoms with Crippen LogP contribution in [0.5, 0.6) is 0 Å². The molecule has 0 radical (unpaired) electrons. The predicted octanol–water partition coefficient (Wildman–Crippen LogP) is 2.72. The lowest BCUT2D eigenvalue weighted by molar-refractivity contribution is 0.0934. The lowest BCUT2D eigenvalue weighted by Gasteiger charge is -2.30. The molecular weight excluding hydrogens is 288 g/mol. The van der Waals surface area contributed by atoms with Crippen molar-refractivity contribution in [3.05, 3.63) is 48.3 Å². The van der Waals surface area contributed by atoms with Gasteiger partial charge in [-0.05, 0) is 45.9 Å². The Bertz CT molecular complexity index is 611. The summed E-state index contributed by atoms with van der Waals surface area (Å²) in [6.45, 7) is 10.1. The van der Waals surface area contributed by atoms with Crippen molar-refractivity contribution in [3.63, 3.8) is 0 Å². The van der Waals surface area contributed by atoms with Crippen LogP contribution in [0.15, 0.2) is 42.6 Å². The molecule has 2 aromatic rings. The summed E-state index contributed by atoms with van der Waals surface area (Å²) in [7, 11) is 0. The molecule has 0 saturated heterocycles. The average Bonchev–Trinajstić information content (AvgIpc) is 3.01. The number of benzene rings is 1. The fraction of sp³-hybridized carbons (Fsp3) is 0.444. The molecule has 0 unspecified atom stereocenters. The van der Waals surface area contributed by atoms with Crippen molar-refractivity contribution in [1.29, 1.82) is 0 Å². The lowest BCUT2D eigenvalue weighted by atomic mass is 10.2. The van der Waals surface area contributed by atoms with E-state index in [2.05, 4.69) is 43.0 Å². The molecule has 1 amide bonds. The van der Waals surface area contributed by atoms with Crippen LogP contribution in [-0.4, -0.2) is 45.8 Å². The summed E-state index contributed by atoms with van der Waals surface area (Å²) in [5.41, 5.74) is 1.38. The van der Waals surface area contributed by atoms with Gasteiger partial charge in [-0.25, -0.2) is 4.68 Å². The van der Waals surface area contributed by atoms with Gasteiger partial charge in [0.05, 0.1) is 5.69 Å². The van der Waals surface area contributed by atoms with Crippen molar-refractivity contribution in [2.45, 2.75) is 39.8 Å². The molecule has 2 rings (SSSR count). The highest BCUT2D eigenvalue weighted by molar-refractivity contribution is 5.92. The molecule has 0 bridgehead atoms. The zero-order chi connectivity index (χ0) is 16.8. The minimum Gasteiger partial charge on any atom is -0.349 e. The van der Waals surface area contributed by atoms with Gasteiger partial charge < -0.3 is 5.32 Å². The van der Waals surface area contributed by atoms with Gasteiger partial charge in [-0.3, -0.25) is 9.69 Å². The summed E-state index contributed by atoms with van der Waals surface area (Å²) in [6.07, 6.45) is 1.80. The van der Waals surface area contributed by atoms with Gasteiger partial charge >= 0.3 is 0 Å². The minimum absolute atomic E-state index is 0.132. The number of hydrogen-bond donors (Lipinski definition) is 1. The third-order valence-electron chi connectivity index (χ3n) is 3.82. The van der Waals surface area contributed by atoms with E-state index in [1.807, 2.05) is 30.3 Å². The number of carbonyl (C=O) groups excluding carboxylic acids is 1. The van der Waals surface area contributed by atoms with E-state index in [1.54, 1.807) is 16.9 Å². The standard InChI is InChI=1S/C18H26N4O/c1-14(2)21(15(3)4)13-11-19-18(23)17-10-12-22(20-17)16-8-6-5-7-9-16/h5-10,12,14-15H,11,13H2,1-4H3,(H,19,23). The molecule has 1 aromatic heterocycles. The van der Waals surface area contributed by atoms with Crippen molar-refractivity contribution in [3.8, 4) is 5.69 Å². The van der Waals surface area contributed by atoms with E-state index in [-0.39, 0.29) is 5.91 Å². The summed E-state index contributed by atoms with van der Waals surface area (Å²) >= 11 is 0. The van der Waals surface area contributed by atoms with Crippen LogP contribution in [0.25, 0.3) is 5.69 Å². The quantitative estimate of drug-likeness (QED) is 0.855. The largest absolute Gasteiger partial charge is 0.349 e. The van der Waals surface area contributed by atoms with Gasteiger partial charge in [-0.15, -0.1) is 0 Å². The Balaban J connectivity index is 1.91. The SMILES string of the molecule is CC(C)N(CCNC(=O)c1ccn(-c2ccccc2)n1)C(C)C. The summed E-state index contributed by atoms with van der Waals surface area (Å²) in [4.78, 5) is 14.6. The van der Waals surface area contributed by atoms with E-state index >= 15 is 0 Å². The Morgan fingerprint density at radius 2 is 1.78 bits per heavy atom. The molecule has 5 nitrogen and oxygen atoms in total. The highest BCUT2D eigenvalue weighted by Crippen LogP contribution is 2.07.